The predicted octanol–water partition coefficient (Wildman–Crippen LogP) is 2.19. The van der Waals surface area contributed by atoms with Crippen LogP contribution in [-0.2, 0) is 4.79 Å². The van der Waals surface area contributed by atoms with Crippen LogP contribution < -0.4 is 4.90 Å². The molecule has 0 bridgehead atoms. The van der Waals surface area contributed by atoms with Gasteiger partial charge in [0.25, 0.3) is 0 Å². The van der Waals surface area contributed by atoms with Gasteiger partial charge in [0.1, 0.15) is 0 Å². The van der Waals surface area contributed by atoms with Crippen LogP contribution in [0.5, 0.6) is 0 Å². The lowest BCUT2D eigenvalue weighted by atomic mass is 10.1. The number of rotatable bonds is 9. The molecule has 1 N–H and O–H groups in total. The lowest BCUT2D eigenvalue weighted by molar-refractivity contribution is -0.775. The van der Waals surface area contributed by atoms with E-state index in [0.29, 0.717) is 5.91 Å². The average molecular weight is 214 g/mol. The van der Waals surface area contributed by atoms with Gasteiger partial charge in [-0.2, -0.15) is 0 Å². The van der Waals surface area contributed by atoms with Gasteiger partial charge >= 0.3 is 5.91 Å². The van der Waals surface area contributed by atoms with Crippen molar-refractivity contribution in [2.24, 2.45) is 0 Å². The number of hydrogen-bond acceptors (Lipinski definition) is 1. The fraction of sp³-hybridized carbons (Fsp3) is 0.923. The molecule has 90 valence electrons. The summed E-state index contributed by atoms with van der Waals surface area (Å²) in [5, 5.41) is 0. The summed E-state index contributed by atoms with van der Waals surface area (Å²) in [6.45, 7) is 2.25. The molecule has 0 rings (SSSR count). The predicted molar refractivity (Wildman–Crippen MR) is 65.0 cm³/mol. The Balaban J connectivity index is 3.08. The first-order valence-corrected chi connectivity index (χ1v) is 6.51. The molecule has 2 nitrogen and oxygen atoms in total. The second-order valence-corrected chi connectivity index (χ2v) is 4.65. The van der Waals surface area contributed by atoms with Gasteiger partial charge < -0.3 is 0 Å². The fourth-order valence-electron chi connectivity index (χ4n) is 1.67. The van der Waals surface area contributed by atoms with E-state index in [9.17, 15) is 4.79 Å². The Bertz CT molecular complexity index is 155. The molecule has 1 amide bonds. The van der Waals surface area contributed by atoms with E-state index in [0.717, 1.165) is 17.7 Å². The highest BCUT2D eigenvalue weighted by Crippen LogP contribution is 2.08. The van der Waals surface area contributed by atoms with Gasteiger partial charge in [0.05, 0.1) is 20.5 Å². The van der Waals surface area contributed by atoms with Gasteiger partial charge in [-0.25, -0.2) is 4.79 Å². The molecule has 0 aromatic rings. The zero-order valence-electron chi connectivity index (χ0n) is 10.8. The van der Waals surface area contributed by atoms with Crippen molar-refractivity contribution in [1.82, 2.24) is 0 Å². The van der Waals surface area contributed by atoms with Crippen molar-refractivity contribution >= 4 is 5.91 Å². The van der Waals surface area contributed by atoms with Crippen LogP contribution in [0.25, 0.3) is 0 Å². The molecule has 0 aliphatic carbocycles. The van der Waals surface area contributed by atoms with Crippen LogP contribution in [0.4, 0.5) is 0 Å². The third-order valence-electron chi connectivity index (χ3n) is 2.82. The van der Waals surface area contributed by atoms with Crippen LogP contribution in [0.1, 0.15) is 64.7 Å². The molecule has 0 spiro atoms. The van der Waals surface area contributed by atoms with Crippen molar-refractivity contribution in [2.45, 2.75) is 64.7 Å². The Kier molecular flexibility index (Phi) is 9.91. The molecule has 0 unspecified atom stereocenters. The smallest absolute Gasteiger partial charge is 0.277 e. The quantitative estimate of drug-likeness (QED) is 0.584. The van der Waals surface area contributed by atoms with Crippen LogP contribution >= 0.6 is 0 Å². The number of carbonyl (C=O) groups is 1. The highest BCUT2D eigenvalue weighted by Gasteiger charge is 2.07. The molecule has 0 atom stereocenters. The highest BCUT2D eigenvalue weighted by atomic mass is 16.2. The van der Waals surface area contributed by atoms with Crippen molar-refractivity contribution in [1.29, 1.82) is 0 Å². The minimum Gasteiger partial charge on any atom is -0.277 e. The van der Waals surface area contributed by atoms with E-state index >= 15 is 0 Å². The fourth-order valence-corrected chi connectivity index (χ4v) is 1.67. The molecule has 0 aliphatic rings. The molecular formula is C13H28NO+. The first-order valence-electron chi connectivity index (χ1n) is 6.51. The highest BCUT2D eigenvalue weighted by molar-refractivity contribution is 5.66. The molecule has 0 fully saturated rings. The van der Waals surface area contributed by atoms with Gasteiger partial charge in [0, 0.05) is 0 Å². The Morgan fingerprint density at radius 3 is 1.80 bits per heavy atom. The van der Waals surface area contributed by atoms with E-state index in [1.165, 1.54) is 44.9 Å². The lowest BCUT2D eigenvalue weighted by Gasteiger charge is -2.04. The van der Waals surface area contributed by atoms with Gasteiger partial charge in [-0.1, -0.05) is 51.9 Å². The number of hydrogen-bond donors (Lipinski definition) is 1. The maximum Gasteiger partial charge on any atom is 0.311 e. The minimum absolute atomic E-state index is 0.348. The molecule has 0 heterocycles. The Hall–Kier alpha value is -0.370. The first kappa shape index (κ1) is 14.6. The zero-order valence-corrected chi connectivity index (χ0v) is 10.8. The molecule has 15 heavy (non-hydrogen) atoms. The summed E-state index contributed by atoms with van der Waals surface area (Å²) in [6, 6.07) is 0. The molecule has 2 heteroatoms. The van der Waals surface area contributed by atoms with E-state index < -0.39 is 0 Å². The second-order valence-electron chi connectivity index (χ2n) is 4.65. The number of carbonyl (C=O) groups excluding carboxylic acids is 1. The summed E-state index contributed by atoms with van der Waals surface area (Å²) in [4.78, 5) is 12.2. The minimum atomic E-state index is 0.348. The molecular weight excluding hydrogens is 186 g/mol. The summed E-state index contributed by atoms with van der Waals surface area (Å²) < 4.78 is 0. The van der Waals surface area contributed by atoms with Crippen molar-refractivity contribution in [3.05, 3.63) is 0 Å². The van der Waals surface area contributed by atoms with Gasteiger partial charge in [0.2, 0.25) is 0 Å². The van der Waals surface area contributed by atoms with Gasteiger partial charge in [-0.05, 0) is 6.42 Å². The number of unbranched alkanes of at least 4 members (excludes halogenated alkanes) is 7. The van der Waals surface area contributed by atoms with Gasteiger partial charge in [0.15, 0.2) is 0 Å². The topological polar surface area (TPSA) is 21.5 Å². The Labute approximate surface area is 95.0 Å². The summed E-state index contributed by atoms with van der Waals surface area (Å²) in [5.74, 6) is 0.348. The molecule has 0 aromatic carbocycles. The number of quaternary nitrogens is 1. The number of nitrogens with one attached hydrogen (secondary N) is 1. The van der Waals surface area contributed by atoms with Crippen LogP contribution in [0.2, 0.25) is 0 Å². The normalized spacial score (nSPS) is 10.9. The van der Waals surface area contributed by atoms with Crippen LogP contribution in [0, 0.1) is 0 Å². The van der Waals surface area contributed by atoms with Crippen LogP contribution in [-0.4, -0.2) is 20.0 Å². The van der Waals surface area contributed by atoms with Crippen LogP contribution in [0.15, 0.2) is 0 Å². The summed E-state index contributed by atoms with van der Waals surface area (Å²) in [7, 11) is 3.82. The largest absolute Gasteiger partial charge is 0.311 e. The number of amides is 1. The van der Waals surface area contributed by atoms with E-state index in [1.54, 1.807) is 0 Å². The van der Waals surface area contributed by atoms with Crippen molar-refractivity contribution in [3.8, 4) is 0 Å². The zero-order chi connectivity index (χ0) is 11.5. The Morgan fingerprint density at radius 1 is 0.867 bits per heavy atom. The monoisotopic (exact) mass is 214 g/mol. The van der Waals surface area contributed by atoms with E-state index in [4.69, 9.17) is 0 Å². The standard InChI is InChI=1S/C13H27NO/c1-4-5-6-7-8-9-10-11-12-13(15)14(2)3/h4-12H2,1-3H3/p+1. The third kappa shape index (κ3) is 9.92. The maximum atomic E-state index is 11.3. The Morgan fingerprint density at radius 2 is 1.33 bits per heavy atom. The van der Waals surface area contributed by atoms with Gasteiger partial charge in [-0.3, -0.25) is 4.90 Å². The van der Waals surface area contributed by atoms with Crippen molar-refractivity contribution in [2.75, 3.05) is 14.1 Å². The van der Waals surface area contributed by atoms with E-state index in [2.05, 4.69) is 6.92 Å². The summed E-state index contributed by atoms with van der Waals surface area (Å²) >= 11 is 0. The molecule has 0 aliphatic heterocycles. The maximum absolute atomic E-state index is 11.3. The molecule has 0 saturated heterocycles. The molecule has 0 saturated carbocycles. The molecule has 0 aromatic heterocycles. The van der Waals surface area contributed by atoms with E-state index in [1.807, 2.05) is 14.1 Å². The lowest BCUT2D eigenvalue weighted by Crippen LogP contribution is -3.08. The van der Waals surface area contributed by atoms with E-state index in [-0.39, 0.29) is 0 Å². The second kappa shape index (κ2) is 10.2. The third-order valence-corrected chi connectivity index (χ3v) is 2.82. The van der Waals surface area contributed by atoms with Crippen LogP contribution in [0.3, 0.4) is 0 Å². The van der Waals surface area contributed by atoms with Gasteiger partial charge in [-0.15, -0.1) is 0 Å². The SMILES string of the molecule is CCCCCCCCCCC(=O)[NH+](C)C. The summed E-state index contributed by atoms with van der Waals surface area (Å²) in [5.41, 5.74) is 0. The van der Waals surface area contributed by atoms with Crippen molar-refractivity contribution in [3.63, 3.8) is 0 Å². The summed E-state index contributed by atoms with van der Waals surface area (Å²) in [6.07, 6.45) is 11.2. The first-order chi connectivity index (χ1) is 7.18. The van der Waals surface area contributed by atoms with Crippen molar-refractivity contribution < 1.29 is 9.69 Å². The average Bonchev–Trinajstić information content (AvgIpc) is 2.21. The molecule has 0 radical (unpaired) electrons.